The maximum Gasteiger partial charge on any atom is 0.178 e. The van der Waals surface area contributed by atoms with Gasteiger partial charge in [-0.1, -0.05) is 36.9 Å². The molecular weight excluding hydrogens is 253 g/mol. The summed E-state index contributed by atoms with van der Waals surface area (Å²) in [5.74, 6) is 0. The predicted octanol–water partition coefficient (Wildman–Crippen LogP) is 2.66. The van der Waals surface area contributed by atoms with Crippen molar-refractivity contribution in [3.8, 4) is 0 Å². The number of benzene rings is 1. The van der Waals surface area contributed by atoms with E-state index in [1.807, 2.05) is 31.2 Å². The summed E-state index contributed by atoms with van der Waals surface area (Å²) in [7, 11) is -2.60. The van der Waals surface area contributed by atoms with E-state index in [1.54, 1.807) is 0 Å². The molecule has 1 aliphatic rings. The standard InChI is InChI=1S/C12H12NO2PS/c1-2-16(14)9-5-3-4-6-10(9)17-12-11(16)8(13)7-15-12/h3-7H,2,13H2,1H3. The number of anilines is 1. The lowest BCUT2D eigenvalue weighted by Gasteiger charge is -2.24. The first-order valence-electron chi connectivity index (χ1n) is 5.41. The van der Waals surface area contributed by atoms with Crippen molar-refractivity contribution in [2.75, 3.05) is 11.9 Å². The van der Waals surface area contributed by atoms with Crippen LogP contribution in [0.15, 0.2) is 44.9 Å². The van der Waals surface area contributed by atoms with Crippen LogP contribution in [0.25, 0.3) is 0 Å². The number of nitrogen functional groups attached to an aromatic ring is 1. The zero-order chi connectivity index (χ0) is 12.0. The number of hydrogen-bond donors (Lipinski definition) is 1. The highest BCUT2D eigenvalue weighted by Crippen LogP contribution is 2.54. The van der Waals surface area contributed by atoms with Crippen LogP contribution < -0.4 is 16.3 Å². The third-order valence-electron chi connectivity index (χ3n) is 3.02. The zero-order valence-corrected chi connectivity index (χ0v) is 11.1. The first-order valence-corrected chi connectivity index (χ1v) is 8.11. The minimum absolute atomic E-state index is 0.507. The molecule has 0 bridgehead atoms. The van der Waals surface area contributed by atoms with Crippen molar-refractivity contribution in [1.82, 2.24) is 0 Å². The van der Waals surface area contributed by atoms with Gasteiger partial charge in [0.1, 0.15) is 6.26 Å². The Balaban J connectivity index is 2.35. The summed E-state index contributed by atoms with van der Waals surface area (Å²) in [5, 5.41) is 2.31. The second-order valence-corrected chi connectivity index (χ2v) is 8.01. The average molecular weight is 265 g/mol. The van der Waals surface area contributed by atoms with E-state index in [4.69, 9.17) is 10.2 Å². The Morgan fingerprint density at radius 1 is 1.41 bits per heavy atom. The lowest BCUT2D eigenvalue weighted by atomic mass is 10.4. The van der Waals surface area contributed by atoms with Crippen LogP contribution in [0.3, 0.4) is 0 Å². The van der Waals surface area contributed by atoms with E-state index in [0.29, 0.717) is 22.2 Å². The first kappa shape index (κ1) is 11.0. The van der Waals surface area contributed by atoms with Crippen molar-refractivity contribution >= 4 is 35.2 Å². The highest BCUT2D eigenvalue weighted by Gasteiger charge is 2.38. The van der Waals surface area contributed by atoms with Gasteiger partial charge in [-0.3, -0.25) is 0 Å². The monoisotopic (exact) mass is 265 g/mol. The fourth-order valence-electron chi connectivity index (χ4n) is 2.17. The smallest absolute Gasteiger partial charge is 0.178 e. The lowest BCUT2D eigenvalue weighted by Crippen LogP contribution is -2.25. The Morgan fingerprint density at radius 2 is 2.18 bits per heavy atom. The van der Waals surface area contributed by atoms with E-state index in [2.05, 4.69) is 0 Å². The third-order valence-corrected chi connectivity index (χ3v) is 7.63. The van der Waals surface area contributed by atoms with Gasteiger partial charge in [-0.25, -0.2) is 0 Å². The number of nitrogens with two attached hydrogens (primary N) is 1. The number of furan rings is 1. The molecule has 3 nitrogen and oxygen atoms in total. The van der Waals surface area contributed by atoms with E-state index in [-0.39, 0.29) is 0 Å². The molecule has 1 unspecified atom stereocenters. The van der Waals surface area contributed by atoms with Crippen LogP contribution in [-0.2, 0) is 4.57 Å². The van der Waals surface area contributed by atoms with Crippen molar-refractivity contribution in [2.24, 2.45) is 0 Å². The molecule has 2 N–H and O–H groups in total. The molecule has 0 amide bonds. The van der Waals surface area contributed by atoms with Crippen LogP contribution in [0.4, 0.5) is 5.69 Å². The van der Waals surface area contributed by atoms with Crippen molar-refractivity contribution in [2.45, 2.75) is 16.9 Å². The molecule has 1 atom stereocenters. The number of rotatable bonds is 1. The molecule has 5 heteroatoms. The van der Waals surface area contributed by atoms with Gasteiger partial charge >= 0.3 is 0 Å². The lowest BCUT2D eigenvalue weighted by molar-refractivity contribution is 0.478. The molecule has 88 valence electrons. The largest absolute Gasteiger partial charge is 0.455 e. The Morgan fingerprint density at radius 3 is 2.94 bits per heavy atom. The summed E-state index contributed by atoms with van der Waals surface area (Å²) < 4.78 is 18.6. The maximum atomic E-state index is 13.2. The van der Waals surface area contributed by atoms with Gasteiger partial charge in [-0.05, 0) is 6.07 Å². The SMILES string of the molecule is CCP1(=O)c2ccccc2Sc2occ(N)c21. The average Bonchev–Trinajstić information content (AvgIpc) is 2.72. The van der Waals surface area contributed by atoms with Gasteiger partial charge in [-0.15, -0.1) is 0 Å². The number of hydrogen-bond acceptors (Lipinski definition) is 4. The van der Waals surface area contributed by atoms with Gasteiger partial charge in [0.05, 0.1) is 11.0 Å². The van der Waals surface area contributed by atoms with Crippen LogP contribution in [0.5, 0.6) is 0 Å². The second-order valence-electron chi connectivity index (χ2n) is 3.95. The molecule has 1 aliphatic heterocycles. The molecule has 2 heterocycles. The molecule has 17 heavy (non-hydrogen) atoms. The molecule has 1 aromatic carbocycles. The van der Waals surface area contributed by atoms with Gasteiger partial charge < -0.3 is 14.7 Å². The minimum Gasteiger partial charge on any atom is -0.455 e. The van der Waals surface area contributed by atoms with Crippen molar-refractivity contribution < 1.29 is 8.98 Å². The summed E-state index contributed by atoms with van der Waals surface area (Å²) in [6, 6.07) is 7.78. The molecule has 0 saturated carbocycles. The molecule has 3 rings (SSSR count). The van der Waals surface area contributed by atoms with E-state index in [9.17, 15) is 4.57 Å². The minimum atomic E-state index is -2.60. The second kappa shape index (κ2) is 3.69. The Kier molecular flexibility index (Phi) is 2.39. The Bertz CT molecular complexity index is 635. The van der Waals surface area contributed by atoms with Gasteiger partial charge in [0.15, 0.2) is 12.2 Å². The topological polar surface area (TPSA) is 56.2 Å². The van der Waals surface area contributed by atoms with Crippen molar-refractivity contribution in [3.05, 3.63) is 30.5 Å². The molecule has 0 radical (unpaired) electrons. The van der Waals surface area contributed by atoms with Gasteiger partial charge in [0, 0.05) is 16.4 Å². The number of fused-ring (bicyclic) bond motifs is 2. The molecule has 0 spiro atoms. The van der Waals surface area contributed by atoms with Crippen LogP contribution in [0.1, 0.15) is 6.92 Å². The van der Waals surface area contributed by atoms with E-state index in [1.165, 1.54) is 18.0 Å². The fraction of sp³-hybridized carbons (Fsp3) is 0.167. The summed E-state index contributed by atoms with van der Waals surface area (Å²) >= 11 is 1.50. The van der Waals surface area contributed by atoms with Crippen LogP contribution >= 0.6 is 18.9 Å². The summed E-state index contributed by atoms with van der Waals surface area (Å²) in [5.41, 5.74) is 6.40. The van der Waals surface area contributed by atoms with Crippen molar-refractivity contribution in [1.29, 1.82) is 0 Å². The maximum absolute atomic E-state index is 13.2. The van der Waals surface area contributed by atoms with Crippen LogP contribution in [0.2, 0.25) is 0 Å². The molecule has 0 saturated heterocycles. The van der Waals surface area contributed by atoms with Crippen LogP contribution in [-0.4, -0.2) is 6.16 Å². The molecule has 1 aromatic heterocycles. The van der Waals surface area contributed by atoms with Gasteiger partial charge in [-0.2, -0.15) is 0 Å². The molecular formula is C12H12NO2PS. The van der Waals surface area contributed by atoms with Crippen molar-refractivity contribution in [3.63, 3.8) is 0 Å². The highest BCUT2D eigenvalue weighted by atomic mass is 32.2. The van der Waals surface area contributed by atoms with Crippen LogP contribution in [0, 0.1) is 0 Å². The summed E-state index contributed by atoms with van der Waals surface area (Å²) in [6.07, 6.45) is 2.06. The van der Waals surface area contributed by atoms with E-state index in [0.717, 1.165) is 10.2 Å². The summed E-state index contributed by atoms with van der Waals surface area (Å²) in [6.45, 7) is 1.93. The van der Waals surface area contributed by atoms with E-state index < -0.39 is 7.14 Å². The normalized spacial score (nSPS) is 21.9. The Hall–Kier alpha value is -1.12. The predicted molar refractivity (Wildman–Crippen MR) is 71.1 cm³/mol. The van der Waals surface area contributed by atoms with Gasteiger partial charge in [0.2, 0.25) is 0 Å². The molecule has 0 aliphatic carbocycles. The quantitative estimate of drug-likeness (QED) is 0.805. The van der Waals surface area contributed by atoms with Gasteiger partial charge in [0.25, 0.3) is 0 Å². The highest BCUT2D eigenvalue weighted by molar-refractivity contribution is 8.02. The fourth-order valence-corrected chi connectivity index (χ4v) is 6.63. The third kappa shape index (κ3) is 1.41. The first-order chi connectivity index (χ1) is 8.16. The molecule has 0 fully saturated rings. The molecule has 2 aromatic rings. The zero-order valence-electron chi connectivity index (χ0n) is 9.34. The van der Waals surface area contributed by atoms with E-state index >= 15 is 0 Å². The Labute approximate surface area is 104 Å². The summed E-state index contributed by atoms with van der Waals surface area (Å²) in [4.78, 5) is 1.01.